The van der Waals surface area contributed by atoms with Gasteiger partial charge in [-0.15, -0.1) is 0 Å². The van der Waals surface area contributed by atoms with Crippen LogP contribution < -0.4 is 11.5 Å². The van der Waals surface area contributed by atoms with Crippen LogP contribution in [-0.4, -0.2) is 5.96 Å². The minimum atomic E-state index is 0.0612. The van der Waals surface area contributed by atoms with E-state index in [9.17, 15) is 0 Å². The number of hydrogen-bond acceptors (Lipinski definition) is 1. The lowest BCUT2D eigenvalue weighted by atomic mass is 10.2. The van der Waals surface area contributed by atoms with Crippen molar-refractivity contribution in [2.24, 2.45) is 16.5 Å². The fourth-order valence-electron chi connectivity index (χ4n) is 0.821. The first-order valence-corrected chi connectivity index (χ1v) is 4.34. The van der Waals surface area contributed by atoms with Crippen LogP contribution in [0.5, 0.6) is 0 Å². The van der Waals surface area contributed by atoms with Crippen molar-refractivity contribution < 1.29 is 0 Å². The molecule has 0 aliphatic heterocycles. The number of rotatable bonds is 2. The highest BCUT2D eigenvalue weighted by Gasteiger charge is 1.98. The molecule has 0 saturated carbocycles. The summed E-state index contributed by atoms with van der Waals surface area (Å²) >= 11 is 11.5. The Labute approximate surface area is 86.3 Å². The molecule has 0 aromatic heterocycles. The Morgan fingerprint density at radius 3 is 2.46 bits per heavy atom. The molecule has 0 bridgehead atoms. The second-order valence-electron chi connectivity index (χ2n) is 2.49. The van der Waals surface area contributed by atoms with Gasteiger partial charge in [-0.1, -0.05) is 29.3 Å². The molecule has 5 heteroatoms. The summed E-state index contributed by atoms with van der Waals surface area (Å²) in [6.07, 6.45) is 0. The molecule has 70 valence electrons. The van der Waals surface area contributed by atoms with E-state index >= 15 is 0 Å². The van der Waals surface area contributed by atoms with E-state index in [-0.39, 0.29) is 5.96 Å². The molecule has 0 fully saturated rings. The Kier molecular flexibility index (Phi) is 3.39. The minimum Gasteiger partial charge on any atom is -0.370 e. The number of halogens is 2. The van der Waals surface area contributed by atoms with Gasteiger partial charge in [0.25, 0.3) is 0 Å². The predicted molar refractivity (Wildman–Crippen MR) is 56.0 cm³/mol. The zero-order valence-electron chi connectivity index (χ0n) is 6.80. The van der Waals surface area contributed by atoms with Gasteiger partial charge >= 0.3 is 0 Å². The van der Waals surface area contributed by atoms with Gasteiger partial charge in [-0.2, -0.15) is 0 Å². The molecular formula is C8H9Cl2N3. The largest absolute Gasteiger partial charge is 0.370 e. The minimum absolute atomic E-state index is 0.0612. The summed E-state index contributed by atoms with van der Waals surface area (Å²) in [5.41, 5.74) is 11.3. The molecule has 13 heavy (non-hydrogen) atoms. The number of hydrogen-bond donors (Lipinski definition) is 2. The average molecular weight is 218 g/mol. The van der Waals surface area contributed by atoms with E-state index in [1.165, 1.54) is 0 Å². The molecule has 0 saturated heterocycles. The summed E-state index contributed by atoms with van der Waals surface area (Å²) in [7, 11) is 0. The van der Waals surface area contributed by atoms with Crippen molar-refractivity contribution in [3.63, 3.8) is 0 Å². The van der Waals surface area contributed by atoms with E-state index in [1.807, 2.05) is 6.07 Å². The molecular weight excluding hydrogens is 209 g/mol. The summed E-state index contributed by atoms with van der Waals surface area (Å²) in [4.78, 5) is 3.84. The van der Waals surface area contributed by atoms with Gasteiger partial charge < -0.3 is 11.5 Å². The highest BCUT2D eigenvalue weighted by atomic mass is 35.5. The molecule has 0 aliphatic rings. The van der Waals surface area contributed by atoms with Crippen LogP contribution in [-0.2, 0) is 6.54 Å². The molecule has 0 heterocycles. The van der Waals surface area contributed by atoms with Gasteiger partial charge in [-0.25, -0.2) is 4.99 Å². The van der Waals surface area contributed by atoms with Crippen molar-refractivity contribution in [3.05, 3.63) is 33.8 Å². The van der Waals surface area contributed by atoms with E-state index in [1.54, 1.807) is 12.1 Å². The van der Waals surface area contributed by atoms with Crippen LogP contribution in [0.15, 0.2) is 23.2 Å². The highest BCUT2D eigenvalue weighted by molar-refractivity contribution is 6.42. The molecule has 1 rings (SSSR count). The maximum Gasteiger partial charge on any atom is 0.186 e. The van der Waals surface area contributed by atoms with Crippen LogP contribution in [0.4, 0.5) is 0 Å². The molecule has 1 aromatic rings. The van der Waals surface area contributed by atoms with Crippen molar-refractivity contribution in [2.45, 2.75) is 6.54 Å². The number of guanidine groups is 1. The number of nitrogens with zero attached hydrogens (tertiary/aromatic N) is 1. The number of nitrogens with two attached hydrogens (primary N) is 2. The van der Waals surface area contributed by atoms with Crippen LogP contribution in [0.25, 0.3) is 0 Å². The third-order valence-electron chi connectivity index (χ3n) is 1.43. The quantitative estimate of drug-likeness (QED) is 0.586. The van der Waals surface area contributed by atoms with Gasteiger partial charge in [0, 0.05) is 0 Å². The monoisotopic (exact) mass is 217 g/mol. The first-order chi connectivity index (χ1) is 6.09. The normalized spacial score (nSPS) is 9.69. The molecule has 0 unspecified atom stereocenters. The zero-order chi connectivity index (χ0) is 9.84. The van der Waals surface area contributed by atoms with Gasteiger partial charge in [-0.05, 0) is 17.7 Å². The van der Waals surface area contributed by atoms with E-state index in [4.69, 9.17) is 34.7 Å². The summed E-state index contributed by atoms with van der Waals surface area (Å²) in [6.45, 7) is 0.416. The first-order valence-electron chi connectivity index (χ1n) is 3.59. The maximum absolute atomic E-state index is 5.79. The van der Waals surface area contributed by atoms with Crippen molar-refractivity contribution in [3.8, 4) is 0 Å². The Hall–Kier alpha value is -0.930. The molecule has 0 amide bonds. The molecule has 0 radical (unpaired) electrons. The summed E-state index contributed by atoms with van der Waals surface area (Å²) < 4.78 is 0. The van der Waals surface area contributed by atoms with Crippen LogP contribution in [0.1, 0.15) is 5.56 Å². The smallest absolute Gasteiger partial charge is 0.186 e. The van der Waals surface area contributed by atoms with Crippen LogP contribution >= 0.6 is 23.2 Å². The average Bonchev–Trinajstić information content (AvgIpc) is 2.07. The van der Waals surface area contributed by atoms with E-state index in [2.05, 4.69) is 4.99 Å². The van der Waals surface area contributed by atoms with Crippen LogP contribution in [0.2, 0.25) is 10.0 Å². The molecule has 0 spiro atoms. The van der Waals surface area contributed by atoms with Crippen LogP contribution in [0.3, 0.4) is 0 Å². The van der Waals surface area contributed by atoms with Crippen molar-refractivity contribution in [2.75, 3.05) is 0 Å². The second-order valence-corrected chi connectivity index (χ2v) is 3.30. The standard InChI is InChI=1S/C8H9Cl2N3/c9-6-2-1-5(3-7(6)10)4-13-8(11)12/h1-3H,4H2,(H4,11,12,13). The maximum atomic E-state index is 5.79. The molecule has 3 nitrogen and oxygen atoms in total. The number of benzene rings is 1. The molecule has 1 aromatic carbocycles. The summed E-state index contributed by atoms with van der Waals surface area (Å²) in [5.74, 6) is 0.0612. The topological polar surface area (TPSA) is 64.4 Å². The molecule has 0 atom stereocenters. The van der Waals surface area contributed by atoms with Gasteiger partial charge in [0.05, 0.1) is 16.6 Å². The highest BCUT2D eigenvalue weighted by Crippen LogP contribution is 2.22. The molecule has 4 N–H and O–H groups in total. The zero-order valence-corrected chi connectivity index (χ0v) is 8.31. The predicted octanol–water partition coefficient (Wildman–Crippen LogP) is 1.77. The van der Waals surface area contributed by atoms with Gasteiger partial charge in [-0.3, -0.25) is 0 Å². The van der Waals surface area contributed by atoms with E-state index in [0.717, 1.165) is 5.56 Å². The Morgan fingerprint density at radius 1 is 1.23 bits per heavy atom. The summed E-state index contributed by atoms with van der Waals surface area (Å²) in [6, 6.07) is 5.26. The number of aliphatic imine (C=N–C) groups is 1. The van der Waals surface area contributed by atoms with Crippen molar-refractivity contribution in [1.29, 1.82) is 0 Å². The lowest BCUT2D eigenvalue weighted by Gasteiger charge is -1.99. The van der Waals surface area contributed by atoms with Gasteiger partial charge in [0.15, 0.2) is 5.96 Å². The van der Waals surface area contributed by atoms with Gasteiger partial charge in [0.2, 0.25) is 0 Å². The van der Waals surface area contributed by atoms with E-state index < -0.39 is 0 Å². The van der Waals surface area contributed by atoms with Crippen molar-refractivity contribution >= 4 is 29.2 Å². The fourth-order valence-corrected chi connectivity index (χ4v) is 1.14. The van der Waals surface area contributed by atoms with E-state index in [0.29, 0.717) is 16.6 Å². The fraction of sp³-hybridized carbons (Fsp3) is 0.125. The lowest BCUT2D eigenvalue weighted by molar-refractivity contribution is 1.05. The van der Waals surface area contributed by atoms with Crippen LogP contribution in [0, 0.1) is 0 Å². The Bertz CT molecular complexity index is 332. The third kappa shape index (κ3) is 3.13. The van der Waals surface area contributed by atoms with Gasteiger partial charge in [0.1, 0.15) is 0 Å². The van der Waals surface area contributed by atoms with Crippen molar-refractivity contribution in [1.82, 2.24) is 0 Å². The Balaban J connectivity index is 2.80. The first kappa shape index (κ1) is 10.2. The second kappa shape index (κ2) is 4.35. The SMILES string of the molecule is NC(N)=NCc1ccc(Cl)c(Cl)c1. The lowest BCUT2D eigenvalue weighted by Crippen LogP contribution is -2.22. The molecule has 0 aliphatic carbocycles. The third-order valence-corrected chi connectivity index (χ3v) is 2.17. The Morgan fingerprint density at radius 2 is 1.92 bits per heavy atom. The summed E-state index contributed by atoms with van der Waals surface area (Å²) in [5, 5.41) is 1.03.